The summed E-state index contributed by atoms with van der Waals surface area (Å²) in [7, 11) is -4.75. The van der Waals surface area contributed by atoms with Crippen LogP contribution >= 0.6 is 0 Å². The van der Waals surface area contributed by atoms with Crippen LogP contribution in [0.3, 0.4) is 0 Å². The standard InChI is InChI=1S/C14H9F6NO3S/c15-13(16,17)9-6-5-8(7-11(9)22)21-25(23,24)12-4-2-1-3-10(12)14(18,19)20/h1-7,21-22H. The first-order chi connectivity index (χ1) is 11.3. The van der Waals surface area contributed by atoms with E-state index in [1.165, 1.54) is 0 Å². The molecule has 0 radical (unpaired) electrons. The number of phenols is 1. The topological polar surface area (TPSA) is 66.4 Å². The molecular formula is C14H9F6NO3S. The number of sulfonamides is 1. The summed E-state index contributed by atoms with van der Waals surface area (Å²) < 4.78 is 102. The number of halogens is 6. The SMILES string of the molecule is O=S(=O)(Nc1ccc(C(F)(F)F)c(O)c1)c1ccccc1C(F)(F)F. The Hall–Kier alpha value is -2.43. The maximum atomic E-state index is 12.9. The molecule has 2 N–H and O–H groups in total. The monoisotopic (exact) mass is 385 g/mol. The smallest absolute Gasteiger partial charge is 0.419 e. The van der Waals surface area contributed by atoms with E-state index in [0.717, 1.165) is 12.1 Å². The number of rotatable bonds is 3. The van der Waals surface area contributed by atoms with E-state index in [1.807, 2.05) is 0 Å². The van der Waals surface area contributed by atoms with Crippen LogP contribution < -0.4 is 4.72 Å². The quantitative estimate of drug-likeness (QED) is 0.777. The molecule has 0 aromatic heterocycles. The van der Waals surface area contributed by atoms with Crippen LogP contribution in [0.5, 0.6) is 5.75 Å². The highest BCUT2D eigenvalue weighted by molar-refractivity contribution is 7.92. The molecule has 0 amide bonds. The number of nitrogens with one attached hydrogen (secondary N) is 1. The molecule has 0 aliphatic rings. The fraction of sp³-hybridized carbons (Fsp3) is 0.143. The van der Waals surface area contributed by atoms with Gasteiger partial charge in [-0.2, -0.15) is 26.3 Å². The highest BCUT2D eigenvalue weighted by atomic mass is 32.2. The summed E-state index contributed by atoms with van der Waals surface area (Å²) in [5, 5.41) is 9.34. The molecule has 0 fully saturated rings. The molecule has 0 unspecified atom stereocenters. The van der Waals surface area contributed by atoms with Gasteiger partial charge in [0.05, 0.1) is 21.7 Å². The van der Waals surface area contributed by atoms with Gasteiger partial charge < -0.3 is 5.11 Å². The largest absolute Gasteiger partial charge is 0.507 e. The van der Waals surface area contributed by atoms with Gasteiger partial charge >= 0.3 is 12.4 Å². The summed E-state index contributed by atoms with van der Waals surface area (Å²) in [5.74, 6) is -1.27. The van der Waals surface area contributed by atoms with Crippen molar-refractivity contribution in [2.75, 3.05) is 4.72 Å². The number of hydrogen-bond acceptors (Lipinski definition) is 3. The Morgan fingerprint density at radius 3 is 1.92 bits per heavy atom. The summed E-state index contributed by atoms with van der Waals surface area (Å²) in [6.07, 6.45) is -9.82. The van der Waals surface area contributed by atoms with Gasteiger partial charge in [0.15, 0.2) is 0 Å². The summed E-state index contributed by atoms with van der Waals surface area (Å²) in [5.41, 5.74) is -3.37. The lowest BCUT2D eigenvalue weighted by Crippen LogP contribution is -2.19. The number of phenolic OH excluding ortho intramolecular Hbond substituents is 1. The van der Waals surface area contributed by atoms with Crippen molar-refractivity contribution in [3.05, 3.63) is 53.6 Å². The zero-order valence-corrected chi connectivity index (χ0v) is 12.8. The fourth-order valence-corrected chi connectivity index (χ4v) is 3.26. The molecule has 0 saturated heterocycles. The van der Waals surface area contributed by atoms with Crippen molar-refractivity contribution in [2.24, 2.45) is 0 Å². The van der Waals surface area contributed by atoms with E-state index in [0.29, 0.717) is 30.3 Å². The minimum absolute atomic E-state index is 0.406. The highest BCUT2D eigenvalue weighted by Crippen LogP contribution is 2.38. The molecule has 136 valence electrons. The number of aromatic hydroxyl groups is 1. The Morgan fingerprint density at radius 2 is 1.40 bits per heavy atom. The summed E-state index contributed by atoms with van der Waals surface area (Å²) in [6, 6.07) is 4.85. The third kappa shape index (κ3) is 4.16. The van der Waals surface area contributed by atoms with Crippen LogP contribution in [0.1, 0.15) is 11.1 Å². The third-order valence-electron chi connectivity index (χ3n) is 3.04. The summed E-state index contributed by atoms with van der Waals surface area (Å²) in [6.45, 7) is 0. The van der Waals surface area contributed by atoms with Gasteiger partial charge in [0.2, 0.25) is 0 Å². The second-order valence-corrected chi connectivity index (χ2v) is 6.48. The van der Waals surface area contributed by atoms with Crippen LogP contribution in [0.4, 0.5) is 32.0 Å². The van der Waals surface area contributed by atoms with E-state index in [-0.39, 0.29) is 0 Å². The van der Waals surface area contributed by atoms with E-state index in [9.17, 15) is 39.9 Å². The Labute approximate surface area is 137 Å². The van der Waals surface area contributed by atoms with Gasteiger partial charge in [-0.25, -0.2) is 8.42 Å². The second-order valence-electron chi connectivity index (χ2n) is 4.83. The molecule has 0 bridgehead atoms. The van der Waals surface area contributed by atoms with E-state index in [2.05, 4.69) is 0 Å². The maximum absolute atomic E-state index is 12.9. The average Bonchev–Trinajstić information content (AvgIpc) is 2.44. The predicted octanol–water partition coefficient (Wildman–Crippen LogP) is 4.23. The molecule has 25 heavy (non-hydrogen) atoms. The van der Waals surface area contributed by atoms with Crippen LogP contribution in [0.25, 0.3) is 0 Å². The minimum Gasteiger partial charge on any atom is -0.507 e. The van der Waals surface area contributed by atoms with Gasteiger partial charge in [-0.3, -0.25) is 4.72 Å². The maximum Gasteiger partial charge on any atom is 0.419 e. The van der Waals surface area contributed by atoms with E-state index >= 15 is 0 Å². The lowest BCUT2D eigenvalue weighted by molar-refractivity contribution is -0.140. The van der Waals surface area contributed by atoms with E-state index < -0.39 is 49.8 Å². The average molecular weight is 385 g/mol. The molecule has 0 heterocycles. The van der Waals surface area contributed by atoms with Crippen molar-refractivity contribution in [1.29, 1.82) is 0 Å². The second kappa shape index (κ2) is 6.14. The van der Waals surface area contributed by atoms with Gasteiger partial charge in [0, 0.05) is 6.07 Å². The van der Waals surface area contributed by atoms with Gasteiger partial charge in [0.1, 0.15) is 5.75 Å². The van der Waals surface area contributed by atoms with E-state index in [1.54, 1.807) is 4.72 Å². The summed E-state index contributed by atoms with van der Waals surface area (Å²) in [4.78, 5) is -1.10. The van der Waals surface area contributed by atoms with Gasteiger partial charge in [-0.1, -0.05) is 12.1 Å². The molecule has 0 aliphatic carbocycles. The van der Waals surface area contributed by atoms with Crippen molar-refractivity contribution in [3.8, 4) is 5.75 Å². The normalized spacial score (nSPS) is 12.9. The van der Waals surface area contributed by atoms with Crippen LogP contribution in [-0.2, 0) is 22.4 Å². The molecule has 11 heteroatoms. The molecule has 2 aromatic rings. The number of anilines is 1. The molecule has 4 nitrogen and oxygen atoms in total. The Morgan fingerprint density at radius 1 is 0.840 bits per heavy atom. The van der Waals surface area contributed by atoms with Crippen LogP contribution in [0.2, 0.25) is 0 Å². The zero-order chi connectivity index (χ0) is 19.0. The molecule has 0 atom stereocenters. The first-order valence-corrected chi connectivity index (χ1v) is 7.90. The zero-order valence-electron chi connectivity index (χ0n) is 12.0. The summed E-state index contributed by atoms with van der Waals surface area (Å²) >= 11 is 0. The molecule has 0 aliphatic heterocycles. The molecule has 0 saturated carbocycles. The highest BCUT2D eigenvalue weighted by Gasteiger charge is 2.37. The number of benzene rings is 2. The van der Waals surface area contributed by atoms with Crippen molar-refractivity contribution in [3.63, 3.8) is 0 Å². The van der Waals surface area contributed by atoms with E-state index in [4.69, 9.17) is 0 Å². The Kier molecular flexibility index (Phi) is 4.64. The Balaban J connectivity index is 2.43. The van der Waals surface area contributed by atoms with Gasteiger partial charge in [-0.15, -0.1) is 0 Å². The first kappa shape index (κ1) is 18.9. The van der Waals surface area contributed by atoms with Gasteiger partial charge in [0.25, 0.3) is 10.0 Å². The van der Waals surface area contributed by atoms with Gasteiger partial charge in [-0.05, 0) is 24.3 Å². The lowest BCUT2D eigenvalue weighted by Gasteiger charge is -2.15. The van der Waals surface area contributed by atoms with Crippen molar-refractivity contribution < 1.29 is 39.9 Å². The van der Waals surface area contributed by atoms with Crippen LogP contribution in [0, 0.1) is 0 Å². The molecule has 2 aromatic carbocycles. The van der Waals surface area contributed by atoms with Crippen molar-refractivity contribution >= 4 is 15.7 Å². The third-order valence-corrected chi connectivity index (χ3v) is 4.48. The van der Waals surface area contributed by atoms with Crippen LogP contribution in [-0.4, -0.2) is 13.5 Å². The Bertz CT molecular complexity index is 890. The molecule has 2 rings (SSSR count). The minimum atomic E-state index is -4.95. The molecular weight excluding hydrogens is 376 g/mol. The first-order valence-electron chi connectivity index (χ1n) is 6.41. The van der Waals surface area contributed by atoms with Crippen molar-refractivity contribution in [1.82, 2.24) is 0 Å². The lowest BCUT2D eigenvalue weighted by atomic mass is 10.2. The van der Waals surface area contributed by atoms with Crippen molar-refractivity contribution in [2.45, 2.75) is 17.2 Å². The van der Waals surface area contributed by atoms with Crippen LogP contribution in [0.15, 0.2) is 47.4 Å². The predicted molar refractivity (Wildman–Crippen MR) is 75.4 cm³/mol. The fourth-order valence-electron chi connectivity index (χ4n) is 1.98. The molecule has 0 spiro atoms. The number of alkyl halides is 6. The number of hydrogen-bond donors (Lipinski definition) is 2.